The maximum atomic E-state index is 13.7. The van der Waals surface area contributed by atoms with E-state index in [4.69, 9.17) is 30.8 Å². The topological polar surface area (TPSA) is 109 Å². The SMILES string of the molecule is COC(OC)[C@]1(C)Oc2ccc([N+](=O)[O-])cc2[C@@H](n2c(=S)oc3cc(F)ccc32)[C@H]1O. The summed E-state index contributed by atoms with van der Waals surface area (Å²) in [5.41, 5.74) is -0.719. The minimum absolute atomic E-state index is 0.0438. The fourth-order valence-corrected chi connectivity index (χ4v) is 4.36. The number of rotatable bonds is 5. The first-order chi connectivity index (χ1) is 14.7. The summed E-state index contributed by atoms with van der Waals surface area (Å²) in [5.74, 6) is -0.239. The van der Waals surface area contributed by atoms with Crippen LogP contribution in [-0.4, -0.2) is 46.8 Å². The zero-order valence-corrected chi connectivity index (χ0v) is 17.6. The van der Waals surface area contributed by atoms with E-state index in [0.29, 0.717) is 11.1 Å². The number of aliphatic hydroxyl groups excluding tert-OH is 1. The molecule has 9 nitrogen and oxygen atoms in total. The largest absolute Gasteiger partial charge is 0.479 e. The molecule has 3 atom stereocenters. The Kier molecular flexibility index (Phi) is 5.30. The monoisotopic (exact) mass is 450 g/mol. The Bertz CT molecular complexity index is 1220. The molecule has 1 N–H and O–H groups in total. The van der Waals surface area contributed by atoms with Crippen LogP contribution in [0, 0.1) is 20.8 Å². The van der Waals surface area contributed by atoms with Crippen LogP contribution in [0.1, 0.15) is 18.5 Å². The third kappa shape index (κ3) is 3.30. The average Bonchev–Trinajstić information content (AvgIpc) is 3.04. The molecule has 2 heterocycles. The Morgan fingerprint density at radius 2 is 2.00 bits per heavy atom. The highest BCUT2D eigenvalue weighted by atomic mass is 32.1. The maximum absolute atomic E-state index is 13.7. The zero-order chi connectivity index (χ0) is 22.5. The summed E-state index contributed by atoms with van der Waals surface area (Å²) < 4.78 is 37.5. The molecule has 1 aliphatic rings. The first-order valence-corrected chi connectivity index (χ1v) is 9.63. The highest BCUT2D eigenvalue weighted by Crippen LogP contribution is 2.46. The molecule has 164 valence electrons. The molecule has 3 aromatic rings. The van der Waals surface area contributed by atoms with E-state index >= 15 is 0 Å². The Balaban J connectivity index is 2.01. The number of fused-ring (bicyclic) bond motifs is 2. The summed E-state index contributed by atoms with van der Waals surface area (Å²) in [7, 11) is 2.80. The second-order valence-corrected chi connectivity index (χ2v) is 7.66. The van der Waals surface area contributed by atoms with Crippen LogP contribution in [-0.2, 0) is 9.47 Å². The van der Waals surface area contributed by atoms with Crippen molar-refractivity contribution in [2.24, 2.45) is 0 Å². The van der Waals surface area contributed by atoms with E-state index in [1.54, 1.807) is 6.92 Å². The molecule has 4 rings (SSSR count). The minimum Gasteiger partial charge on any atom is -0.479 e. The van der Waals surface area contributed by atoms with Crippen molar-refractivity contribution in [3.05, 3.63) is 62.7 Å². The molecule has 0 aliphatic carbocycles. The normalized spacial score (nSPS) is 23.0. The van der Waals surface area contributed by atoms with Gasteiger partial charge in [-0.25, -0.2) is 4.39 Å². The predicted molar refractivity (Wildman–Crippen MR) is 109 cm³/mol. The van der Waals surface area contributed by atoms with Gasteiger partial charge in [-0.05, 0) is 37.3 Å². The van der Waals surface area contributed by atoms with Crippen molar-refractivity contribution in [2.45, 2.75) is 31.0 Å². The van der Waals surface area contributed by atoms with Crippen LogP contribution < -0.4 is 4.74 Å². The standard InChI is InChI=1S/C20H19FN2O7S/c1-20(18(27-2)28-3)17(24)16(12-9-11(23(25)26)5-7-14(12)30-20)22-13-6-4-10(21)8-15(13)29-19(22)31/h4-9,16-18,24H,1-3H3/t16-,17-,20-/m1/s1. The van der Waals surface area contributed by atoms with Gasteiger partial charge < -0.3 is 23.7 Å². The lowest BCUT2D eigenvalue weighted by molar-refractivity contribution is -0.385. The maximum Gasteiger partial charge on any atom is 0.270 e. The Hall–Kier alpha value is -2.86. The number of halogens is 1. The lowest BCUT2D eigenvalue weighted by Gasteiger charge is -2.46. The number of oxazole rings is 1. The van der Waals surface area contributed by atoms with Gasteiger partial charge in [0.1, 0.15) is 17.7 Å². The van der Waals surface area contributed by atoms with Gasteiger partial charge >= 0.3 is 0 Å². The molecule has 31 heavy (non-hydrogen) atoms. The third-order valence-corrected chi connectivity index (χ3v) is 5.77. The van der Waals surface area contributed by atoms with Gasteiger partial charge in [-0.2, -0.15) is 0 Å². The molecule has 11 heteroatoms. The zero-order valence-electron chi connectivity index (χ0n) is 16.8. The Morgan fingerprint density at radius 1 is 1.29 bits per heavy atom. The van der Waals surface area contributed by atoms with Crippen LogP contribution in [0.5, 0.6) is 5.75 Å². The van der Waals surface area contributed by atoms with E-state index in [-0.39, 0.29) is 21.9 Å². The number of hydrogen-bond acceptors (Lipinski definition) is 8. The lowest BCUT2D eigenvalue weighted by Crippen LogP contribution is -2.60. The summed E-state index contributed by atoms with van der Waals surface area (Å²) in [6.45, 7) is 1.60. The molecular weight excluding hydrogens is 431 g/mol. The van der Waals surface area contributed by atoms with E-state index in [0.717, 1.165) is 0 Å². The molecule has 0 spiro atoms. The van der Waals surface area contributed by atoms with Crippen molar-refractivity contribution in [2.75, 3.05) is 14.2 Å². The predicted octanol–water partition coefficient (Wildman–Crippen LogP) is 3.73. The van der Waals surface area contributed by atoms with Crippen molar-refractivity contribution in [1.29, 1.82) is 0 Å². The first-order valence-electron chi connectivity index (χ1n) is 9.23. The van der Waals surface area contributed by atoms with Gasteiger partial charge in [0, 0.05) is 38.0 Å². The quantitative estimate of drug-likeness (QED) is 0.271. The summed E-state index contributed by atoms with van der Waals surface area (Å²) in [4.78, 5) is 10.8. The fourth-order valence-electron chi connectivity index (χ4n) is 4.06. The highest BCUT2D eigenvalue weighted by Gasteiger charge is 2.53. The number of aromatic nitrogens is 1. The minimum atomic E-state index is -1.42. The number of nitrogens with zero attached hydrogens (tertiary/aromatic N) is 2. The highest BCUT2D eigenvalue weighted by molar-refractivity contribution is 7.71. The van der Waals surface area contributed by atoms with Gasteiger partial charge in [0.15, 0.2) is 17.5 Å². The van der Waals surface area contributed by atoms with Crippen LogP contribution >= 0.6 is 12.2 Å². The molecule has 0 unspecified atom stereocenters. The number of benzene rings is 2. The van der Waals surface area contributed by atoms with Gasteiger partial charge in [0.2, 0.25) is 0 Å². The molecule has 0 bridgehead atoms. The molecule has 0 saturated carbocycles. The summed E-state index contributed by atoms with van der Waals surface area (Å²) >= 11 is 5.37. The van der Waals surface area contributed by atoms with Gasteiger partial charge in [0.05, 0.1) is 16.5 Å². The van der Waals surface area contributed by atoms with Crippen LogP contribution in [0.25, 0.3) is 11.1 Å². The second-order valence-electron chi connectivity index (χ2n) is 7.31. The molecule has 1 aromatic heterocycles. The van der Waals surface area contributed by atoms with E-state index in [2.05, 4.69) is 0 Å². The van der Waals surface area contributed by atoms with Crippen LogP contribution in [0.2, 0.25) is 0 Å². The molecule has 0 radical (unpaired) electrons. The van der Waals surface area contributed by atoms with Gasteiger partial charge in [-0.15, -0.1) is 0 Å². The number of hydrogen-bond donors (Lipinski definition) is 1. The third-order valence-electron chi connectivity index (χ3n) is 5.49. The molecule has 0 saturated heterocycles. The van der Waals surface area contributed by atoms with E-state index < -0.39 is 34.8 Å². The number of aliphatic hydroxyl groups is 1. The average molecular weight is 450 g/mol. The van der Waals surface area contributed by atoms with Crippen molar-refractivity contribution in [3.8, 4) is 5.75 Å². The summed E-state index contributed by atoms with van der Waals surface area (Å²) in [5, 5.41) is 22.9. The lowest BCUT2D eigenvalue weighted by atomic mass is 9.84. The van der Waals surface area contributed by atoms with Crippen LogP contribution in [0.4, 0.5) is 10.1 Å². The van der Waals surface area contributed by atoms with Gasteiger partial charge in [0.25, 0.3) is 10.5 Å². The molecular formula is C20H19FN2O7S. The van der Waals surface area contributed by atoms with Crippen LogP contribution in [0.3, 0.4) is 0 Å². The summed E-state index contributed by atoms with van der Waals surface area (Å²) in [6, 6.07) is 6.94. The Labute approximate surface area is 180 Å². The van der Waals surface area contributed by atoms with Gasteiger partial charge in [-0.3, -0.25) is 14.7 Å². The molecule has 0 amide bonds. The second kappa shape index (κ2) is 7.68. The summed E-state index contributed by atoms with van der Waals surface area (Å²) in [6.07, 6.45) is -2.33. The smallest absolute Gasteiger partial charge is 0.270 e. The molecule has 0 fully saturated rings. The number of methoxy groups -OCH3 is 2. The van der Waals surface area contributed by atoms with Gasteiger partial charge in [-0.1, -0.05) is 0 Å². The molecule has 1 aliphatic heterocycles. The van der Waals surface area contributed by atoms with E-state index in [9.17, 15) is 19.6 Å². The van der Waals surface area contributed by atoms with Crippen molar-refractivity contribution in [3.63, 3.8) is 0 Å². The first kappa shape index (κ1) is 21.4. The van der Waals surface area contributed by atoms with Crippen molar-refractivity contribution >= 4 is 29.0 Å². The van der Waals surface area contributed by atoms with Crippen molar-refractivity contribution in [1.82, 2.24) is 4.57 Å². The number of nitro benzene ring substituents is 1. The number of nitro groups is 1. The number of non-ortho nitro benzene ring substituents is 1. The fraction of sp³-hybridized carbons (Fsp3) is 0.350. The van der Waals surface area contributed by atoms with E-state index in [1.807, 2.05) is 0 Å². The Morgan fingerprint density at radius 3 is 2.65 bits per heavy atom. The van der Waals surface area contributed by atoms with Crippen LogP contribution in [0.15, 0.2) is 40.8 Å². The van der Waals surface area contributed by atoms with E-state index in [1.165, 1.54) is 55.2 Å². The number of ether oxygens (including phenoxy) is 3. The molecule has 2 aromatic carbocycles. The van der Waals surface area contributed by atoms with Crippen molar-refractivity contribution < 1.29 is 33.0 Å².